The first kappa shape index (κ1) is 24.4. The standard InChI is InChI=1S/C30H33N3O2S/c1-22-7-6-10-27(23(22)2)31-17-19-32(20-18-31)29(35)25-11-13-26(14-12-25)30-33(28(34)21-36-30)16-15-24-8-4-3-5-9-24/h3-14,30H,15-21H2,1-2H3/t30-/m0/s1. The van der Waals surface area contributed by atoms with Crippen molar-refractivity contribution >= 4 is 29.3 Å². The average molecular weight is 500 g/mol. The average Bonchev–Trinajstić information content (AvgIpc) is 3.29. The Morgan fingerprint density at radius 2 is 1.61 bits per heavy atom. The molecule has 5 nitrogen and oxygen atoms in total. The van der Waals surface area contributed by atoms with Crippen molar-refractivity contribution in [3.05, 3.63) is 101 Å². The van der Waals surface area contributed by atoms with E-state index in [1.807, 2.05) is 52.3 Å². The molecule has 5 rings (SSSR count). The third-order valence-electron chi connectivity index (χ3n) is 7.38. The maximum atomic E-state index is 13.2. The van der Waals surface area contributed by atoms with Crippen molar-refractivity contribution in [2.45, 2.75) is 25.6 Å². The predicted molar refractivity (Wildman–Crippen MR) is 148 cm³/mol. The molecule has 1 atom stereocenters. The molecule has 0 spiro atoms. The second kappa shape index (κ2) is 10.8. The molecule has 2 fully saturated rings. The molecule has 36 heavy (non-hydrogen) atoms. The molecule has 3 aromatic rings. The smallest absolute Gasteiger partial charge is 0.253 e. The summed E-state index contributed by atoms with van der Waals surface area (Å²) in [5.41, 5.74) is 6.91. The van der Waals surface area contributed by atoms with Gasteiger partial charge in [-0.25, -0.2) is 0 Å². The second-order valence-corrected chi connectivity index (χ2v) is 10.7. The maximum Gasteiger partial charge on any atom is 0.253 e. The number of amides is 2. The summed E-state index contributed by atoms with van der Waals surface area (Å²) >= 11 is 1.66. The van der Waals surface area contributed by atoms with E-state index < -0.39 is 0 Å². The van der Waals surface area contributed by atoms with Crippen LogP contribution in [0.2, 0.25) is 0 Å². The first-order valence-electron chi connectivity index (χ1n) is 12.7. The first-order chi connectivity index (χ1) is 17.5. The minimum atomic E-state index is 0.00600. The molecule has 0 aromatic heterocycles. The molecule has 0 radical (unpaired) electrons. The fraction of sp³-hybridized carbons (Fsp3) is 0.333. The van der Waals surface area contributed by atoms with Gasteiger partial charge in [-0.05, 0) is 60.7 Å². The number of benzene rings is 3. The van der Waals surface area contributed by atoms with E-state index in [-0.39, 0.29) is 17.2 Å². The Balaban J connectivity index is 1.20. The summed E-state index contributed by atoms with van der Waals surface area (Å²) in [4.78, 5) is 32.1. The number of anilines is 1. The van der Waals surface area contributed by atoms with Crippen LogP contribution in [0.3, 0.4) is 0 Å². The van der Waals surface area contributed by atoms with E-state index in [0.717, 1.165) is 25.1 Å². The Bertz CT molecular complexity index is 1220. The van der Waals surface area contributed by atoms with Crippen molar-refractivity contribution in [1.82, 2.24) is 9.80 Å². The summed E-state index contributed by atoms with van der Waals surface area (Å²) < 4.78 is 0. The van der Waals surface area contributed by atoms with Crippen LogP contribution in [0.5, 0.6) is 0 Å². The zero-order chi connectivity index (χ0) is 25.1. The molecule has 0 N–H and O–H groups in total. The predicted octanol–water partition coefficient (Wildman–Crippen LogP) is 5.08. The number of nitrogens with zero attached hydrogens (tertiary/aromatic N) is 3. The highest BCUT2D eigenvalue weighted by Gasteiger charge is 2.32. The van der Waals surface area contributed by atoms with Gasteiger partial charge >= 0.3 is 0 Å². The Kier molecular flexibility index (Phi) is 7.33. The fourth-order valence-electron chi connectivity index (χ4n) is 5.07. The summed E-state index contributed by atoms with van der Waals surface area (Å²) in [6, 6.07) is 24.6. The fourth-order valence-corrected chi connectivity index (χ4v) is 6.29. The molecule has 0 saturated carbocycles. The van der Waals surface area contributed by atoms with Crippen molar-refractivity contribution in [2.75, 3.05) is 43.4 Å². The molecule has 6 heteroatoms. The number of piperazine rings is 1. The van der Waals surface area contributed by atoms with Gasteiger partial charge in [0.25, 0.3) is 5.91 Å². The lowest BCUT2D eigenvalue weighted by Gasteiger charge is -2.37. The van der Waals surface area contributed by atoms with Gasteiger partial charge in [-0.15, -0.1) is 11.8 Å². The van der Waals surface area contributed by atoms with Crippen molar-refractivity contribution in [2.24, 2.45) is 0 Å². The van der Waals surface area contributed by atoms with Crippen molar-refractivity contribution in [1.29, 1.82) is 0 Å². The molecule has 2 aliphatic heterocycles. The van der Waals surface area contributed by atoms with Gasteiger partial charge in [-0.2, -0.15) is 0 Å². The molecule has 0 unspecified atom stereocenters. The number of carbonyl (C=O) groups is 2. The number of aryl methyl sites for hydroxylation is 1. The summed E-state index contributed by atoms with van der Waals surface area (Å²) in [6.07, 6.45) is 0.842. The van der Waals surface area contributed by atoms with Gasteiger partial charge in [0.05, 0.1) is 5.75 Å². The van der Waals surface area contributed by atoms with E-state index in [0.29, 0.717) is 31.0 Å². The molecule has 3 aromatic carbocycles. The molecule has 186 valence electrons. The third-order valence-corrected chi connectivity index (χ3v) is 8.63. The van der Waals surface area contributed by atoms with Crippen LogP contribution in [0.1, 0.15) is 38.0 Å². The highest BCUT2D eigenvalue weighted by atomic mass is 32.2. The van der Waals surface area contributed by atoms with Gasteiger partial charge in [0.1, 0.15) is 5.37 Å². The maximum absolute atomic E-state index is 13.2. The Labute approximate surface area is 218 Å². The van der Waals surface area contributed by atoms with Crippen molar-refractivity contribution in [3.63, 3.8) is 0 Å². The molecule has 0 bridgehead atoms. The quantitative estimate of drug-likeness (QED) is 0.474. The van der Waals surface area contributed by atoms with Gasteiger partial charge in [-0.3, -0.25) is 9.59 Å². The van der Waals surface area contributed by atoms with Crippen LogP contribution in [0, 0.1) is 13.8 Å². The summed E-state index contributed by atoms with van der Waals surface area (Å²) in [6.45, 7) is 8.12. The molecule has 2 aliphatic rings. The molecule has 2 heterocycles. The largest absolute Gasteiger partial charge is 0.368 e. The topological polar surface area (TPSA) is 43.9 Å². The normalized spacial score (nSPS) is 18.1. The minimum Gasteiger partial charge on any atom is -0.368 e. The third kappa shape index (κ3) is 5.14. The van der Waals surface area contributed by atoms with Crippen molar-refractivity contribution < 1.29 is 9.59 Å². The van der Waals surface area contributed by atoms with Gasteiger partial charge in [0, 0.05) is 44.0 Å². The summed E-state index contributed by atoms with van der Waals surface area (Å²) in [7, 11) is 0. The Morgan fingerprint density at radius 3 is 2.33 bits per heavy atom. The molecule has 0 aliphatic carbocycles. The van der Waals surface area contributed by atoms with Gasteiger partial charge < -0.3 is 14.7 Å². The first-order valence-corrected chi connectivity index (χ1v) is 13.7. The SMILES string of the molecule is Cc1cccc(N2CCN(C(=O)c3ccc([C@@H]4SCC(=O)N4CCc4ccccc4)cc3)CC2)c1C. The van der Waals surface area contributed by atoms with Gasteiger partial charge in [0.2, 0.25) is 5.91 Å². The monoisotopic (exact) mass is 499 g/mol. The van der Waals surface area contributed by atoms with Crippen LogP contribution in [0.25, 0.3) is 0 Å². The molecular formula is C30H33N3O2S. The summed E-state index contributed by atoms with van der Waals surface area (Å²) in [5, 5.41) is 0.00600. The number of carbonyl (C=O) groups excluding carboxylic acids is 2. The van der Waals surface area contributed by atoms with Crippen LogP contribution >= 0.6 is 11.8 Å². The Morgan fingerprint density at radius 1 is 0.889 bits per heavy atom. The lowest BCUT2D eigenvalue weighted by atomic mass is 10.1. The van der Waals surface area contributed by atoms with Crippen LogP contribution in [0.15, 0.2) is 72.8 Å². The van der Waals surface area contributed by atoms with Crippen LogP contribution in [0.4, 0.5) is 5.69 Å². The van der Waals surface area contributed by atoms with Crippen LogP contribution in [-0.2, 0) is 11.2 Å². The lowest BCUT2D eigenvalue weighted by Crippen LogP contribution is -2.49. The highest BCUT2D eigenvalue weighted by molar-refractivity contribution is 8.00. The Hall–Kier alpha value is -3.25. The van der Waals surface area contributed by atoms with Gasteiger partial charge in [-0.1, -0.05) is 54.6 Å². The van der Waals surface area contributed by atoms with Crippen LogP contribution in [-0.4, -0.2) is 60.1 Å². The zero-order valence-electron chi connectivity index (χ0n) is 21.0. The molecular weight excluding hydrogens is 466 g/mol. The number of hydrogen-bond donors (Lipinski definition) is 0. The summed E-state index contributed by atoms with van der Waals surface area (Å²) in [5.74, 6) is 0.770. The van der Waals surface area contributed by atoms with Gasteiger partial charge in [0.15, 0.2) is 0 Å². The van der Waals surface area contributed by atoms with E-state index in [1.165, 1.54) is 22.4 Å². The number of rotatable bonds is 6. The molecule has 2 saturated heterocycles. The number of hydrogen-bond acceptors (Lipinski definition) is 4. The zero-order valence-corrected chi connectivity index (χ0v) is 21.8. The van der Waals surface area contributed by atoms with Crippen molar-refractivity contribution in [3.8, 4) is 0 Å². The van der Waals surface area contributed by atoms with E-state index >= 15 is 0 Å². The van der Waals surface area contributed by atoms with E-state index in [4.69, 9.17) is 0 Å². The van der Waals surface area contributed by atoms with E-state index in [1.54, 1.807) is 11.8 Å². The van der Waals surface area contributed by atoms with Crippen LogP contribution < -0.4 is 4.90 Å². The second-order valence-electron chi connectivity index (χ2n) is 9.61. The van der Waals surface area contributed by atoms with E-state index in [9.17, 15) is 9.59 Å². The number of thioether (sulfide) groups is 1. The lowest BCUT2D eigenvalue weighted by molar-refractivity contribution is -0.128. The minimum absolute atomic E-state index is 0.00600. The van der Waals surface area contributed by atoms with E-state index in [2.05, 4.69) is 49.1 Å². The highest BCUT2D eigenvalue weighted by Crippen LogP contribution is 2.38. The molecule has 2 amide bonds.